The quantitative estimate of drug-likeness (QED) is 0.317. The maximum Gasteiger partial charge on any atom is 0.322 e. The van der Waals surface area contributed by atoms with Crippen molar-refractivity contribution in [3.63, 3.8) is 0 Å². The van der Waals surface area contributed by atoms with Gasteiger partial charge < -0.3 is 14.9 Å². The second-order valence-electron chi connectivity index (χ2n) is 6.71. The topological polar surface area (TPSA) is 66.8 Å². The molecule has 0 bridgehead atoms. The Kier molecular flexibility index (Phi) is 7.07. The van der Waals surface area contributed by atoms with E-state index in [1.54, 1.807) is 0 Å². The van der Waals surface area contributed by atoms with Gasteiger partial charge in [0.25, 0.3) is 0 Å². The van der Waals surface area contributed by atoms with E-state index in [2.05, 4.69) is 18.2 Å². The number of aliphatic hydroxyl groups is 1. The van der Waals surface area contributed by atoms with Gasteiger partial charge in [-0.1, -0.05) is 42.5 Å². The second-order valence-corrected chi connectivity index (χ2v) is 10.0. The Morgan fingerprint density at radius 3 is 2.92 bits per heavy atom. The van der Waals surface area contributed by atoms with Crippen LogP contribution >= 0.6 is 16.4 Å². The molecule has 1 aliphatic carbocycles. The molecule has 1 saturated heterocycles. The van der Waals surface area contributed by atoms with Gasteiger partial charge in [-0.3, -0.25) is 4.79 Å². The number of fused-ring (bicyclic) bond motifs is 1. The predicted molar refractivity (Wildman–Crippen MR) is 104 cm³/mol. The summed E-state index contributed by atoms with van der Waals surface area (Å²) in [7, 11) is 2.33. The molecule has 0 spiro atoms. The molecule has 0 aromatic heterocycles. The lowest BCUT2D eigenvalue weighted by atomic mass is 9.92. The van der Waals surface area contributed by atoms with Gasteiger partial charge >= 0.3 is 13.2 Å². The molecule has 1 radical (unpaired) electrons. The molecule has 7 atom stereocenters. The summed E-state index contributed by atoms with van der Waals surface area (Å²) in [6, 6.07) is 10.2. The van der Waals surface area contributed by atoms with Crippen LogP contribution in [0.15, 0.2) is 42.5 Å². The Morgan fingerprint density at radius 1 is 1.36 bits per heavy atom. The zero-order valence-electron chi connectivity index (χ0n) is 14.0. The third-order valence-corrected chi connectivity index (χ3v) is 8.36. The first-order valence-corrected chi connectivity index (χ1v) is 11.9. The number of benzene rings is 1. The molecular weight excluding hydrogens is 353 g/mol. The van der Waals surface area contributed by atoms with Gasteiger partial charge in [0.05, 0.1) is 12.5 Å². The molecular formula is C18H24BO4P2. The van der Waals surface area contributed by atoms with E-state index in [0.29, 0.717) is 34.9 Å². The van der Waals surface area contributed by atoms with E-state index in [-0.39, 0.29) is 23.9 Å². The third kappa shape index (κ3) is 5.14. The lowest BCUT2D eigenvalue weighted by molar-refractivity contribution is -0.141. The van der Waals surface area contributed by atoms with Crippen molar-refractivity contribution in [3.05, 3.63) is 48.0 Å². The van der Waals surface area contributed by atoms with Crippen LogP contribution in [0.1, 0.15) is 24.8 Å². The van der Waals surface area contributed by atoms with Crippen molar-refractivity contribution < 1.29 is 19.7 Å². The average Bonchev–Trinajstić information content (AvgIpc) is 3.13. The molecule has 4 unspecified atom stereocenters. The van der Waals surface area contributed by atoms with Gasteiger partial charge in [-0.25, -0.2) is 0 Å². The van der Waals surface area contributed by atoms with E-state index in [4.69, 9.17) is 9.76 Å². The summed E-state index contributed by atoms with van der Waals surface area (Å²) in [5.41, 5.74) is 1.66. The first kappa shape index (κ1) is 19.0. The highest BCUT2D eigenvalue weighted by Gasteiger charge is 2.48. The minimum Gasteiger partial charge on any atom is -0.462 e. The molecule has 1 aromatic rings. The second kappa shape index (κ2) is 9.28. The molecule has 2 fully saturated rings. The highest BCUT2D eigenvalue weighted by Crippen LogP contribution is 2.54. The largest absolute Gasteiger partial charge is 0.462 e. The van der Waals surface area contributed by atoms with Crippen molar-refractivity contribution in [1.82, 2.24) is 0 Å². The fraction of sp³-hybridized carbons (Fsp3) is 0.500. The summed E-state index contributed by atoms with van der Waals surface area (Å²) in [5, 5.41) is 19.3. The van der Waals surface area contributed by atoms with Gasteiger partial charge in [-0.15, -0.1) is 16.4 Å². The highest BCUT2D eigenvalue weighted by molar-refractivity contribution is 8.24. The van der Waals surface area contributed by atoms with Crippen molar-refractivity contribution >= 4 is 29.6 Å². The zero-order valence-corrected chi connectivity index (χ0v) is 16.0. The van der Waals surface area contributed by atoms with Crippen LogP contribution in [-0.4, -0.2) is 41.2 Å². The molecule has 1 saturated carbocycles. The van der Waals surface area contributed by atoms with Crippen LogP contribution in [0.25, 0.3) is 0 Å². The fourth-order valence-corrected chi connectivity index (χ4v) is 6.82. The number of carbonyl (C=O) groups is 1. The highest BCUT2D eigenvalue weighted by atomic mass is 32.0. The molecule has 1 aromatic carbocycles. The Balaban J connectivity index is 1.57. The number of allylic oxidation sites excluding steroid dienone is 1. The predicted octanol–water partition coefficient (Wildman–Crippen LogP) is 2.66. The molecule has 4 nitrogen and oxygen atoms in total. The van der Waals surface area contributed by atoms with Crippen LogP contribution in [0, 0.1) is 11.8 Å². The molecule has 25 heavy (non-hydrogen) atoms. The lowest BCUT2D eigenvalue weighted by Gasteiger charge is -2.19. The smallest absolute Gasteiger partial charge is 0.322 e. The summed E-state index contributed by atoms with van der Waals surface area (Å²) in [6.07, 6.45) is 6.42. The number of aryl methyl sites for hydroxylation is 1. The molecule has 3 rings (SSSR count). The summed E-state index contributed by atoms with van der Waals surface area (Å²) in [4.78, 5) is 11.6. The molecule has 1 aliphatic heterocycles. The monoisotopic (exact) mass is 377 g/mol. The van der Waals surface area contributed by atoms with Crippen molar-refractivity contribution in [1.29, 1.82) is 0 Å². The summed E-state index contributed by atoms with van der Waals surface area (Å²) < 4.78 is 5.44. The molecule has 133 valence electrons. The first-order chi connectivity index (χ1) is 12.2. The Bertz CT molecular complexity index is 598. The van der Waals surface area contributed by atoms with Gasteiger partial charge in [0.15, 0.2) is 0 Å². The van der Waals surface area contributed by atoms with Gasteiger partial charge in [0, 0.05) is 5.92 Å². The van der Waals surface area contributed by atoms with Crippen molar-refractivity contribution in [2.45, 2.75) is 43.6 Å². The minimum atomic E-state index is -0.479. The van der Waals surface area contributed by atoms with Crippen LogP contribution in [-0.2, 0) is 16.0 Å². The van der Waals surface area contributed by atoms with E-state index >= 15 is 0 Å². The SMILES string of the molecule is O=C1C[C@H]2C(C[C@@H](PP[B]O)[C@@H]2/C=C/C(O)CCc2ccccc2)O1. The molecule has 0 amide bonds. The van der Waals surface area contributed by atoms with Crippen LogP contribution in [0.2, 0.25) is 0 Å². The van der Waals surface area contributed by atoms with Crippen LogP contribution < -0.4 is 0 Å². The van der Waals surface area contributed by atoms with Crippen LogP contribution in [0.4, 0.5) is 0 Å². The van der Waals surface area contributed by atoms with Gasteiger partial charge in [0.2, 0.25) is 0 Å². The normalized spacial score (nSPS) is 30.6. The Hall–Kier alpha value is -0.725. The van der Waals surface area contributed by atoms with Gasteiger partial charge in [-0.2, -0.15) is 0 Å². The molecule has 2 aliphatic rings. The number of rotatable bonds is 8. The number of aliphatic hydroxyl groups excluding tert-OH is 1. The lowest BCUT2D eigenvalue weighted by Crippen LogP contribution is -2.16. The first-order valence-electron chi connectivity index (χ1n) is 8.74. The fourth-order valence-electron chi connectivity index (χ4n) is 3.83. The average molecular weight is 377 g/mol. The standard InChI is InChI=1S/C18H24BO4P2/c20-13(7-6-12-4-2-1-3-5-12)8-9-14-15-10-18(21)23-16(15)11-17(14)24-25-19-22/h1-5,8-9,13-17,20,22,24-25H,6-7,10-11H2/b9-8+/t13?,14-,15-,16?,17-/m1/s1. The van der Waals surface area contributed by atoms with E-state index in [0.717, 1.165) is 12.8 Å². The van der Waals surface area contributed by atoms with E-state index < -0.39 is 6.10 Å². The number of carbonyl (C=O) groups excluding carboxylic acids is 1. The number of hydrogen-bond acceptors (Lipinski definition) is 4. The van der Waals surface area contributed by atoms with Gasteiger partial charge in [0.1, 0.15) is 6.10 Å². The Morgan fingerprint density at radius 2 is 2.16 bits per heavy atom. The third-order valence-electron chi connectivity index (χ3n) is 5.07. The van der Waals surface area contributed by atoms with Crippen LogP contribution in [0.3, 0.4) is 0 Å². The van der Waals surface area contributed by atoms with Crippen molar-refractivity contribution in [2.75, 3.05) is 0 Å². The maximum absolute atomic E-state index is 11.6. The van der Waals surface area contributed by atoms with Crippen molar-refractivity contribution in [3.8, 4) is 0 Å². The zero-order chi connectivity index (χ0) is 17.6. The van der Waals surface area contributed by atoms with E-state index in [1.807, 2.05) is 24.3 Å². The summed E-state index contributed by atoms with van der Waals surface area (Å²) in [6.45, 7) is 0. The number of hydrogen-bond donors (Lipinski definition) is 2. The summed E-state index contributed by atoms with van der Waals surface area (Å²) in [5.74, 6) is 0.385. The van der Waals surface area contributed by atoms with Gasteiger partial charge in [-0.05, 0) is 36.4 Å². The van der Waals surface area contributed by atoms with E-state index in [1.165, 1.54) is 12.8 Å². The molecule has 2 N–H and O–H groups in total. The van der Waals surface area contributed by atoms with Crippen LogP contribution in [0.5, 0.6) is 0 Å². The Labute approximate surface area is 153 Å². The van der Waals surface area contributed by atoms with Crippen molar-refractivity contribution in [2.24, 2.45) is 11.8 Å². The van der Waals surface area contributed by atoms with E-state index in [9.17, 15) is 9.90 Å². The summed E-state index contributed by atoms with van der Waals surface area (Å²) >= 11 is 0. The molecule has 1 heterocycles. The number of esters is 1. The number of ether oxygens (including phenoxy) is 1. The minimum absolute atomic E-state index is 0.0182. The maximum atomic E-state index is 11.6. The molecule has 7 heteroatoms.